The van der Waals surface area contributed by atoms with Gasteiger partial charge in [-0.25, -0.2) is 4.98 Å². The number of imidazole rings is 1. The Morgan fingerprint density at radius 3 is 2.87 bits per heavy atom. The molecule has 1 unspecified atom stereocenters. The summed E-state index contributed by atoms with van der Waals surface area (Å²) in [5, 5.41) is 0.630. The Kier molecular flexibility index (Phi) is 5.19. The van der Waals surface area contributed by atoms with E-state index in [4.69, 9.17) is 5.73 Å². The minimum Gasteiger partial charge on any atom is -0.334 e. The van der Waals surface area contributed by atoms with Crippen LogP contribution in [0.4, 0.5) is 0 Å². The Labute approximate surface area is 96.5 Å². The lowest BCUT2D eigenvalue weighted by atomic mass is 10.3. The first-order valence-electron chi connectivity index (χ1n) is 5.53. The van der Waals surface area contributed by atoms with Crippen LogP contribution in [0.25, 0.3) is 0 Å². The minimum atomic E-state index is 0.0546. The van der Waals surface area contributed by atoms with E-state index in [0.717, 1.165) is 24.5 Å². The zero-order valence-electron chi connectivity index (χ0n) is 9.81. The molecule has 1 atom stereocenters. The van der Waals surface area contributed by atoms with Crippen LogP contribution in [0, 0.1) is 0 Å². The van der Waals surface area contributed by atoms with Gasteiger partial charge in [0.15, 0.2) is 0 Å². The first-order valence-corrected chi connectivity index (χ1v) is 6.58. The molecule has 3 nitrogen and oxygen atoms in total. The van der Waals surface area contributed by atoms with E-state index in [-0.39, 0.29) is 6.04 Å². The fourth-order valence-corrected chi connectivity index (χ4v) is 2.19. The van der Waals surface area contributed by atoms with Crippen LogP contribution in [0.5, 0.6) is 0 Å². The molecule has 0 fully saturated rings. The Balaban J connectivity index is 2.56. The summed E-state index contributed by atoms with van der Waals surface area (Å²) in [6, 6.07) is 0.0546. The molecule has 0 bridgehead atoms. The molecule has 0 saturated heterocycles. The third-order valence-electron chi connectivity index (χ3n) is 2.15. The summed E-state index contributed by atoms with van der Waals surface area (Å²) < 4.78 is 2.16. The Bertz CT molecular complexity index is 283. The van der Waals surface area contributed by atoms with Gasteiger partial charge in [-0.05, 0) is 11.7 Å². The predicted molar refractivity (Wildman–Crippen MR) is 67.0 cm³/mol. The van der Waals surface area contributed by atoms with Gasteiger partial charge in [0.2, 0.25) is 0 Å². The summed E-state index contributed by atoms with van der Waals surface area (Å²) in [5.41, 5.74) is 6.11. The zero-order chi connectivity index (χ0) is 11.3. The molecule has 1 rings (SSSR count). The Hall–Kier alpha value is -0.480. The molecule has 1 aromatic heterocycles. The van der Waals surface area contributed by atoms with E-state index in [1.54, 1.807) is 0 Å². The van der Waals surface area contributed by atoms with Crippen molar-refractivity contribution in [1.29, 1.82) is 0 Å². The van der Waals surface area contributed by atoms with Gasteiger partial charge in [-0.15, -0.1) is 0 Å². The molecule has 0 radical (unpaired) electrons. The van der Waals surface area contributed by atoms with Crippen molar-refractivity contribution >= 4 is 11.8 Å². The van der Waals surface area contributed by atoms with E-state index in [2.05, 4.69) is 30.3 Å². The molecule has 1 aromatic rings. The van der Waals surface area contributed by atoms with E-state index in [1.165, 1.54) is 0 Å². The van der Waals surface area contributed by atoms with Crippen molar-refractivity contribution in [2.75, 3.05) is 5.75 Å². The molecule has 15 heavy (non-hydrogen) atoms. The number of nitrogens with two attached hydrogens (primary N) is 1. The van der Waals surface area contributed by atoms with Crippen LogP contribution >= 0.6 is 11.8 Å². The SMILES string of the molecule is CCCn1ccnc1C(N)CSC(C)C. The summed E-state index contributed by atoms with van der Waals surface area (Å²) >= 11 is 1.89. The molecule has 2 N–H and O–H groups in total. The molecule has 1 heterocycles. The predicted octanol–water partition coefficient (Wildman–Crippen LogP) is 2.43. The number of hydrogen-bond donors (Lipinski definition) is 1. The molecular formula is C11H21N3S. The Morgan fingerprint density at radius 1 is 1.53 bits per heavy atom. The molecule has 86 valence electrons. The smallest absolute Gasteiger partial charge is 0.126 e. The summed E-state index contributed by atoms with van der Waals surface area (Å²) in [7, 11) is 0. The van der Waals surface area contributed by atoms with E-state index in [1.807, 2.05) is 24.2 Å². The van der Waals surface area contributed by atoms with E-state index in [9.17, 15) is 0 Å². The summed E-state index contributed by atoms with van der Waals surface area (Å²) in [4.78, 5) is 4.34. The van der Waals surface area contributed by atoms with Crippen LogP contribution in [0.1, 0.15) is 39.1 Å². The second kappa shape index (κ2) is 6.18. The highest BCUT2D eigenvalue weighted by atomic mass is 32.2. The van der Waals surface area contributed by atoms with E-state index < -0.39 is 0 Å². The third-order valence-corrected chi connectivity index (χ3v) is 3.37. The number of aryl methyl sites for hydroxylation is 1. The lowest BCUT2D eigenvalue weighted by molar-refractivity contribution is 0.603. The standard InChI is InChI=1S/C11H21N3S/c1-4-6-14-7-5-13-11(14)10(12)8-15-9(2)3/h5,7,9-10H,4,6,8,12H2,1-3H3. The number of rotatable bonds is 6. The molecular weight excluding hydrogens is 206 g/mol. The topological polar surface area (TPSA) is 43.8 Å². The molecule has 0 aromatic carbocycles. The maximum absolute atomic E-state index is 6.11. The molecule has 0 aliphatic carbocycles. The van der Waals surface area contributed by atoms with Crippen molar-refractivity contribution < 1.29 is 0 Å². The summed E-state index contributed by atoms with van der Waals surface area (Å²) in [5.74, 6) is 1.96. The lowest BCUT2D eigenvalue weighted by Crippen LogP contribution is -2.19. The number of nitrogens with zero attached hydrogens (tertiary/aromatic N) is 2. The van der Waals surface area contributed by atoms with Crippen molar-refractivity contribution in [3.05, 3.63) is 18.2 Å². The minimum absolute atomic E-state index is 0.0546. The van der Waals surface area contributed by atoms with Crippen LogP contribution < -0.4 is 5.73 Å². The lowest BCUT2D eigenvalue weighted by Gasteiger charge is -2.14. The maximum atomic E-state index is 6.11. The van der Waals surface area contributed by atoms with Gasteiger partial charge < -0.3 is 10.3 Å². The van der Waals surface area contributed by atoms with Gasteiger partial charge >= 0.3 is 0 Å². The average Bonchev–Trinajstić information content (AvgIpc) is 2.63. The van der Waals surface area contributed by atoms with Gasteiger partial charge in [0.05, 0.1) is 6.04 Å². The van der Waals surface area contributed by atoms with Gasteiger partial charge in [-0.2, -0.15) is 11.8 Å². The maximum Gasteiger partial charge on any atom is 0.126 e. The average molecular weight is 227 g/mol. The molecule has 0 aliphatic heterocycles. The van der Waals surface area contributed by atoms with Crippen LogP contribution in [0.3, 0.4) is 0 Å². The zero-order valence-corrected chi connectivity index (χ0v) is 10.6. The quantitative estimate of drug-likeness (QED) is 0.811. The van der Waals surface area contributed by atoms with Crippen LogP contribution in [-0.4, -0.2) is 20.6 Å². The number of hydrogen-bond acceptors (Lipinski definition) is 3. The van der Waals surface area contributed by atoms with Gasteiger partial charge in [0, 0.05) is 24.7 Å². The molecule has 0 amide bonds. The van der Waals surface area contributed by atoms with Crippen molar-refractivity contribution in [1.82, 2.24) is 9.55 Å². The second-order valence-electron chi connectivity index (χ2n) is 3.97. The highest BCUT2D eigenvalue weighted by molar-refractivity contribution is 7.99. The van der Waals surface area contributed by atoms with Gasteiger partial charge in [0.1, 0.15) is 5.82 Å². The molecule has 0 spiro atoms. The van der Waals surface area contributed by atoms with Crippen LogP contribution in [0.2, 0.25) is 0 Å². The fraction of sp³-hybridized carbons (Fsp3) is 0.727. The van der Waals surface area contributed by atoms with Crippen molar-refractivity contribution in [3.63, 3.8) is 0 Å². The summed E-state index contributed by atoms with van der Waals surface area (Å²) in [6.45, 7) is 7.55. The van der Waals surface area contributed by atoms with E-state index >= 15 is 0 Å². The monoisotopic (exact) mass is 227 g/mol. The normalized spacial score (nSPS) is 13.4. The fourth-order valence-electron chi connectivity index (χ4n) is 1.45. The van der Waals surface area contributed by atoms with Gasteiger partial charge in [0.25, 0.3) is 0 Å². The van der Waals surface area contributed by atoms with Crippen LogP contribution in [0.15, 0.2) is 12.4 Å². The van der Waals surface area contributed by atoms with Crippen molar-refractivity contribution in [2.24, 2.45) is 5.73 Å². The van der Waals surface area contributed by atoms with Gasteiger partial charge in [-0.3, -0.25) is 0 Å². The number of thioether (sulfide) groups is 1. The second-order valence-corrected chi connectivity index (χ2v) is 5.58. The van der Waals surface area contributed by atoms with Crippen LogP contribution in [-0.2, 0) is 6.54 Å². The molecule has 0 aliphatic rings. The van der Waals surface area contributed by atoms with Gasteiger partial charge in [-0.1, -0.05) is 20.8 Å². The molecule has 0 saturated carbocycles. The summed E-state index contributed by atoms with van der Waals surface area (Å²) in [6.07, 6.45) is 4.97. The first-order chi connectivity index (χ1) is 7.15. The first kappa shape index (κ1) is 12.6. The van der Waals surface area contributed by atoms with E-state index in [0.29, 0.717) is 5.25 Å². The van der Waals surface area contributed by atoms with Crippen molar-refractivity contribution in [3.8, 4) is 0 Å². The molecule has 4 heteroatoms. The largest absolute Gasteiger partial charge is 0.334 e. The number of aromatic nitrogens is 2. The third kappa shape index (κ3) is 3.87. The highest BCUT2D eigenvalue weighted by Crippen LogP contribution is 2.18. The highest BCUT2D eigenvalue weighted by Gasteiger charge is 2.12. The Morgan fingerprint density at radius 2 is 2.27 bits per heavy atom. The van der Waals surface area contributed by atoms with Crippen molar-refractivity contribution in [2.45, 2.75) is 45.0 Å².